The van der Waals surface area contributed by atoms with Crippen molar-refractivity contribution < 1.29 is 33.4 Å². The van der Waals surface area contributed by atoms with Crippen molar-refractivity contribution in [3.05, 3.63) is 29.3 Å². The average molecular weight is 358 g/mol. The summed E-state index contributed by atoms with van der Waals surface area (Å²) in [6.07, 6.45) is 0. The summed E-state index contributed by atoms with van der Waals surface area (Å²) in [7, 11) is 0. The third-order valence-corrected chi connectivity index (χ3v) is 3.44. The van der Waals surface area contributed by atoms with Crippen LogP contribution in [-0.2, 0) is 14.4 Å². The molecule has 0 heterocycles. The maximum absolute atomic E-state index is 12.1. The van der Waals surface area contributed by atoms with E-state index in [1.54, 1.807) is 13.0 Å². The van der Waals surface area contributed by atoms with Crippen LogP contribution in [-0.4, -0.2) is 23.7 Å². The van der Waals surface area contributed by atoms with Gasteiger partial charge in [-0.2, -0.15) is 0 Å². The Hall–Kier alpha value is -3.22. The average Bonchev–Trinajstić information content (AvgIpc) is 2.43. The Morgan fingerprint density at radius 2 is 1.35 bits per heavy atom. The van der Waals surface area contributed by atoms with E-state index in [0.29, 0.717) is 10.9 Å². The van der Waals surface area contributed by atoms with Crippen LogP contribution < -0.4 is 14.2 Å². The van der Waals surface area contributed by atoms with Gasteiger partial charge in [-0.25, -0.2) is 0 Å². The number of esters is 3. The number of rotatable bonds is 4. The summed E-state index contributed by atoms with van der Waals surface area (Å²) in [6, 6.07) is 4.53. The molecule has 0 aliphatic heterocycles. The van der Waals surface area contributed by atoms with Crippen molar-refractivity contribution in [2.45, 2.75) is 34.6 Å². The molecule has 0 unspecified atom stereocenters. The fourth-order valence-corrected chi connectivity index (χ4v) is 2.72. The predicted molar refractivity (Wildman–Crippen MR) is 92.6 cm³/mol. The zero-order valence-corrected chi connectivity index (χ0v) is 15.1. The number of ketones is 1. The van der Waals surface area contributed by atoms with E-state index < -0.39 is 17.9 Å². The highest BCUT2D eigenvalue weighted by Crippen LogP contribution is 2.41. The van der Waals surface area contributed by atoms with Crippen molar-refractivity contribution in [1.82, 2.24) is 0 Å². The zero-order valence-electron chi connectivity index (χ0n) is 15.1. The first-order valence-corrected chi connectivity index (χ1v) is 7.77. The predicted octanol–water partition coefficient (Wildman–Crippen LogP) is 3.13. The van der Waals surface area contributed by atoms with E-state index in [9.17, 15) is 19.2 Å². The number of Topliss-reactive ketones (excluding diaryl/α,β-unsaturated/α-hetero) is 1. The highest BCUT2D eigenvalue weighted by molar-refractivity contribution is 6.08. The van der Waals surface area contributed by atoms with Gasteiger partial charge < -0.3 is 14.2 Å². The van der Waals surface area contributed by atoms with E-state index in [1.165, 1.54) is 39.8 Å². The standard InChI is InChI=1S/C19H18O7/c1-9-6-14-7-15(24-11(3)21)8-16(25-12(4)22)18(14)19(26-13(5)23)17(9)10(2)20/h6-8H,1-5H3. The van der Waals surface area contributed by atoms with Crippen LogP contribution >= 0.6 is 0 Å². The first-order chi connectivity index (χ1) is 12.1. The van der Waals surface area contributed by atoms with Crippen LogP contribution in [0, 0.1) is 6.92 Å². The molecule has 2 rings (SSSR count). The molecule has 0 fully saturated rings. The Balaban J connectivity index is 2.93. The minimum atomic E-state index is -0.628. The van der Waals surface area contributed by atoms with Crippen molar-refractivity contribution in [3.63, 3.8) is 0 Å². The van der Waals surface area contributed by atoms with Gasteiger partial charge in [-0.1, -0.05) is 6.07 Å². The Labute approximate surface area is 149 Å². The van der Waals surface area contributed by atoms with Crippen molar-refractivity contribution in [2.75, 3.05) is 0 Å². The summed E-state index contributed by atoms with van der Waals surface area (Å²) in [4.78, 5) is 46.4. The molecular weight excluding hydrogens is 340 g/mol. The molecule has 0 aliphatic carbocycles. The van der Waals surface area contributed by atoms with Crippen LogP contribution in [0.5, 0.6) is 17.2 Å². The summed E-state index contributed by atoms with van der Waals surface area (Å²) < 4.78 is 15.6. The van der Waals surface area contributed by atoms with Gasteiger partial charge in [0.15, 0.2) is 11.5 Å². The third kappa shape index (κ3) is 4.05. The minimum Gasteiger partial charge on any atom is -0.427 e. The number of aryl methyl sites for hydroxylation is 1. The van der Waals surface area contributed by atoms with Gasteiger partial charge in [0.05, 0.1) is 10.9 Å². The summed E-state index contributed by atoms with van der Waals surface area (Å²) >= 11 is 0. The van der Waals surface area contributed by atoms with Crippen LogP contribution in [0.15, 0.2) is 18.2 Å². The van der Waals surface area contributed by atoms with Gasteiger partial charge in [0.2, 0.25) is 0 Å². The number of fused-ring (bicyclic) bond motifs is 1. The number of carbonyl (C=O) groups is 4. The molecule has 0 saturated heterocycles. The van der Waals surface area contributed by atoms with E-state index >= 15 is 0 Å². The van der Waals surface area contributed by atoms with Crippen molar-refractivity contribution >= 4 is 34.5 Å². The van der Waals surface area contributed by atoms with E-state index in [4.69, 9.17) is 14.2 Å². The second-order valence-corrected chi connectivity index (χ2v) is 5.75. The molecule has 0 amide bonds. The molecular formula is C19H18O7. The first-order valence-electron chi connectivity index (χ1n) is 7.77. The molecule has 0 aliphatic rings. The lowest BCUT2D eigenvalue weighted by atomic mass is 9.97. The maximum Gasteiger partial charge on any atom is 0.308 e. The monoisotopic (exact) mass is 358 g/mol. The number of hydrogen-bond donors (Lipinski definition) is 0. The van der Waals surface area contributed by atoms with Crippen LogP contribution in [0.4, 0.5) is 0 Å². The molecule has 2 aromatic carbocycles. The minimum absolute atomic E-state index is 0.00521. The summed E-state index contributed by atoms with van der Waals surface area (Å²) in [5.74, 6) is -1.92. The molecule has 26 heavy (non-hydrogen) atoms. The smallest absolute Gasteiger partial charge is 0.308 e. The van der Waals surface area contributed by atoms with E-state index in [0.717, 1.165) is 0 Å². The van der Waals surface area contributed by atoms with Gasteiger partial charge in [0, 0.05) is 26.8 Å². The molecule has 0 aromatic heterocycles. The molecule has 7 nitrogen and oxygen atoms in total. The van der Waals surface area contributed by atoms with Crippen LogP contribution in [0.2, 0.25) is 0 Å². The summed E-state index contributed by atoms with van der Waals surface area (Å²) in [5.41, 5.74) is 0.774. The fourth-order valence-electron chi connectivity index (χ4n) is 2.72. The van der Waals surface area contributed by atoms with Crippen molar-refractivity contribution in [2.24, 2.45) is 0 Å². The van der Waals surface area contributed by atoms with Crippen LogP contribution in [0.1, 0.15) is 43.6 Å². The van der Waals surface area contributed by atoms with E-state index in [1.807, 2.05) is 0 Å². The lowest BCUT2D eigenvalue weighted by Gasteiger charge is -2.17. The normalized spacial score (nSPS) is 10.3. The van der Waals surface area contributed by atoms with E-state index in [-0.39, 0.29) is 34.0 Å². The first kappa shape index (κ1) is 19.1. The number of hydrogen-bond acceptors (Lipinski definition) is 7. The van der Waals surface area contributed by atoms with Crippen LogP contribution in [0.3, 0.4) is 0 Å². The molecule has 136 valence electrons. The Bertz CT molecular complexity index is 941. The number of benzene rings is 2. The summed E-state index contributed by atoms with van der Waals surface area (Å²) in [6.45, 7) is 6.68. The molecule has 0 radical (unpaired) electrons. The largest absolute Gasteiger partial charge is 0.427 e. The third-order valence-electron chi connectivity index (χ3n) is 3.44. The maximum atomic E-state index is 12.1. The highest BCUT2D eigenvalue weighted by atomic mass is 16.6. The SMILES string of the molecule is CC(=O)Oc1cc(OC(C)=O)c2c(OC(C)=O)c(C(C)=O)c(C)cc2c1. The van der Waals surface area contributed by atoms with Gasteiger partial charge in [-0.05, 0) is 30.9 Å². The lowest BCUT2D eigenvalue weighted by molar-refractivity contribution is -0.132. The molecule has 0 bridgehead atoms. The zero-order chi connectivity index (χ0) is 19.6. The Morgan fingerprint density at radius 1 is 0.769 bits per heavy atom. The molecule has 7 heteroatoms. The van der Waals surface area contributed by atoms with Crippen molar-refractivity contribution in [3.8, 4) is 17.2 Å². The summed E-state index contributed by atoms with van der Waals surface area (Å²) in [5, 5.41) is 0.751. The molecule has 0 spiro atoms. The number of ether oxygens (including phenoxy) is 3. The number of carbonyl (C=O) groups excluding carboxylic acids is 4. The van der Waals surface area contributed by atoms with Gasteiger partial charge >= 0.3 is 17.9 Å². The van der Waals surface area contributed by atoms with Gasteiger partial charge in [0.1, 0.15) is 11.5 Å². The van der Waals surface area contributed by atoms with Crippen molar-refractivity contribution in [1.29, 1.82) is 0 Å². The fraction of sp³-hybridized carbons (Fsp3) is 0.263. The Morgan fingerprint density at radius 3 is 1.85 bits per heavy atom. The second-order valence-electron chi connectivity index (χ2n) is 5.75. The second kappa shape index (κ2) is 7.35. The van der Waals surface area contributed by atoms with Gasteiger partial charge in [-0.3, -0.25) is 19.2 Å². The Kier molecular flexibility index (Phi) is 5.40. The van der Waals surface area contributed by atoms with Crippen LogP contribution in [0.25, 0.3) is 10.8 Å². The molecule has 0 atom stereocenters. The molecule has 0 saturated carbocycles. The van der Waals surface area contributed by atoms with Gasteiger partial charge in [-0.15, -0.1) is 0 Å². The lowest BCUT2D eigenvalue weighted by Crippen LogP contribution is -2.10. The quantitative estimate of drug-likeness (QED) is 0.470. The molecule has 2 aromatic rings. The molecule has 0 N–H and O–H groups in total. The topological polar surface area (TPSA) is 96.0 Å². The van der Waals surface area contributed by atoms with E-state index in [2.05, 4.69) is 0 Å². The highest BCUT2D eigenvalue weighted by Gasteiger charge is 2.22. The van der Waals surface area contributed by atoms with Gasteiger partial charge in [0.25, 0.3) is 0 Å².